The second-order valence-electron chi connectivity index (χ2n) is 17.2. The van der Waals surface area contributed by atoms with E-state index in [1.54, 1.807) is 5.57 Å². The molecule has 0 radical (unpaired) electrons. The molecule has 0 bridgehead atoms. The number of benzene rings is 8. The first-order valence-electron chi connectivity index (χ1n) is 22.8. The molecule has 3 aliphatic rings. The SMILES string of the molecule is C1=CC2=C(CC1)Cc1ccccc12.CCNC/C(=C\C(=N)c1ccccc1-c1cc2c3c(c4ccccc4c2c2ccccc12)C=CCCC3)n1c2ccccc2c2ccccc21. The molecule has 2 N–H and O–H groups in total. The number of rotatable bonds is 7. The second-order valence-corrected chi connectivity index (χ2v) is 17.2. The molecule has 3 heteroatoms. The fraction of sp³-hybridized carbons (Fsp3) is 0.150. The van der Waals surface area contributed by atoms with E-state index >= 15 is 0 Å². The van der Waals surface area contributed by atoms with Crippen molar-refractivity contribution >= 4 is 77.2 Å². The van der Waals surface area contributed by atoms with Gasteiger partial charge in [-0.3, -0.25) is 0 Å². The molecule has 0 spiro atoms. The molecule has 3 nitrogen and oxygen atoms in total. The van der Waals surface area contributed by atoms with Crippen molar-refractivity contribution in [3.05, 3.63) is 209 Å². The lowest BCUT2D eigenvalue weighted by Gasteiger charge is -2.20. The van der Waals surface area contributed by atoms with Crippen molar-refractivity contribution in [1.29, 1.82) is 5.41 Å². The van der Waals surface area contributed by atoms with Gasteiger partial charge in [0.2, 0.25) is 0 Å². The first kappa shape index (κ1) is 38.8. The lowest BCUT2D eigenvalue weighted by molar-refractivity contribution is 0.792. The van der Waals surface area contributed by atoms with E-state index in [4.69, 9.17) is 0 Å². The molecule has 0 atom stereocenters. The summed E-state index contributed by atoms with van der Waals surface area (Å²) in [5.41, 5.74) is 16.0. The van der Waals surface area contributed by atoms with Crippen molar-refractivity contribution in [3.63, 3.8) is 0 Å². The number of likely N-dealkylation sites (N-methyl/N-ethyl adjacent to an activating group) is 1. The van der Waals surface area contributed by atoms with E-state index in [1.165, 1.54) is 95.7 Å². The highest BCUT2D eigenvalue weighted by atomic mass is 15.0. The maximum atomic E-state index is 9.74. The lowest BCUT2D eigenvalue weighted by atomic mass is 9.84. The summed E-state index contributed by atoms with van der Waals surface area (Å²) >= 11 is 0. The van der Waals surface area contributed by atoms with Crippen LogP contribution in [0.2, 0.25) is 0 Å². The Bertz CT molecular complexity index is 3350. The standard InChI is InChI=1S/C47H39N3.C13H12/c1-2-49-30-31(50-45-26-14-12-22-38(45)39-23-13-15-27-46(39)50)28-44(48)37-21-9-6-19-35(37)42-29-43-34-17-5-3-4-16-32(34)33-18-7-10-24-40(33)47(43)41-25-11-8-20-36(41)42;1-3-7-12-10(5-1)9-11-6-2-4-8-13(11)12/h4,6-16,18-29,48-49H,2-3,5,17,30H2,1H3;1,3-5,7-8H,2,6,9H2/b31-28+,48-44?;. The molecule has 0 saturated heterocycles. The zero-order valence-corrected chi connectivity index (χ0v) is 35.9. The van der Waals surface area contributed by atoms with Crippen LogP contribution in [0.3, 0.4) is 0 Å². The van der Waals surface area contributed by atoms with Crippen LogP contribution in [-0.2, 0) is 12.8 Å². The van der Waals surface area contributed by atoms with Gasteiger partial charge in [0.15, 0.2) is 0 Å². The number of para-hydroxylation sites is 2. The maximum Gasteiger partial charge on any atom is 0.0636 e. The Labute approximate surface area is 369 Å². The van der Waals surface area contributed by atoms with Gasteiger partial charge >= 0.3 is 0 Å². The van der Waals surface area contributed by atoms with Crippen molar-refractivity contribution in [2.45, 2.75) is 45.4 Å². The number of nitrogens with one attached hydrogen (secondary N) is 2. The normalized spacial score (nSPS) is 14.5. The number of hydrogen-bond acceptors (Lipinski definition) is 2. The summed E-state index contributed by atoms with van der Waals surface area (Å²) in [5, 5.41) is 23.5. The van der Waals surface area contributed by atoms with Crippen LogP contribution in [0.4, 0.5) is 0 Å². The van der Waals surface area contributed by atoms with Crippen molar-refractivity contribution in [3.8, 4) is 11.1 Å². The summed E-state index contributed by atoms with van der Waals surface area (Å²) in [6, 6.07) is 54.7. The number of allylic oxidation sites excluding steroid dienone is 6. The fourth-order valence-corrected chi connectivity index (χ4v) is 10.6. The van der Waals surface area contributed by atoms with Gasteiger partial charge in [-0.15, -0.1) is 0 Å². The van der Waals surface area contributed by atoms with Crippen LogP contribution in [0.1, 0.15) is 60.4 Å². The van der Waals surface area contributed by atoms with E-state index in [1.807, 2.05) is 0 Å². The predicted octanol–water partition coefficient (Wildman–Crippen LogP) is 15.1. The van der Waals surface area contributed by atoms with Gasteiger partial charge in [-0.1, -0.05) is 170 Å². The molecule has 12 rings (SSSR count). The van der Waals surface area contributed by atoms with Gasteiger partial charge in [-0.05, 0) is 141 Å². The van der Waals surface area contributed by atoms with Crippen LogP contribution < -0.4 is 5.32 Å². The van der Waals surface area contributed by atoms with E-state index in [0.29, 0.717) is 12.3 Å². The van der Waals surface area contributed by atoms with Crippen molar-refractivity contribution in [1.82, 2.24) is 9.88 Å². The van der Waals surface area contributed by atoms with Crippen LogP contribution in [0.15, 0.2) is 182 Å². The van der Waals surface area contributed by atoms with Gasteiger partial charge in [0.05, 0.1) is 16.7 Å². The Kier molecular flexibility index (Phi) is 10.3. The fourth-order valence-electron chi connectivity index (χ4n) is 10.6. The number of aromatic nitrogens is 1. The summed E-state index contributed by atoms with van der Waals surface area (Å²) in [6.45, 7) is 3.62. The zero-order valence-electron chi connectivity index (χ0n) is 35.9. The molecule has 0 unspecified atom stereocenters. The molecule has 1 aromatic heterocycles. The Morgan fingerprint density at radius 2 is 1.22 bits per heavy atom. The van der Waals surface area contributed by atoms with E-state index in [0.717, 1.165) is 53.7 Å². The molecule has 8 aromatic carbocycles. The Morgan fingerprint density at radius 3 is 1.98 bits per heavy atom. The third-order valence-electron chi connectivity index (χ3n) is 13.5. The van der Waals surface area contributed by atoms with Gasteiger partial charge in [0, 0.05) is 28.6 Å². The van der Waals surface area contributed by atoms with Crippen LogP contribution >= 0.6 is 0 Å². The predicted molar refractivity (Wildman–Crippen MR) is 271 cm³/mol. The number of hydrogen-bond donors (Lipinski definition) is 2. The summed E-state index contributed by atoms with van der Waals surface area (Å²) in [6.07, 6.45) is 18.3. The molecular weight excluding hydrogens is 763 g/mol. The minimum Gasteiger partial charge on any atom is -0.312 e. The minimum atomic E-state index is 0.500. The molecule has 0 fully saturated rings. The first-order chi connectivity index (χ1) is 31.2. The average molecular weight is 814 g/mol. The highest BCUT2D eigenvalue weighted by molar-refractivity contribution is 6.27. The number of aryl methyl sites for hydroxylation is 1. The molecule has 3 aliphatic carbocycles. The van der Waals surface area contributed by atoms with Crippen molar-refractivity contribution in [2.24, 2.45) is 0 Å². The molecular formula is C60H51N3. The molecule has 9 aromatic rings. The molecule has 306 valence electrons. The second kappa shape index (κ2) is 16.7. The molecule has 1 heterocycles. The summed E-state index contributed by atoms with van der Waals surface area (Å²) in [5.74, 6) is 0. The maximum absolute atomic E-state index is 9.74. The monoisotopic (exact) mass is 813 g/mol. The highest BCUT2D eigenvalue weighted by Gasteiger charge is 2.22. The van der Waals surface area contributed by atoms with Crippen LogP contribution in [0.5, 0.6) is 0 Å². The largest absolute Gasteiger partial charge is 0.312 e. The average Bonchev–Trinajstić information content (AvgIpc) is 3.77. The van der Waals surface area contributed by atoms with Crippen LogP contribution in [0.25, 0.3) is 82.6 Å². The smallest absolute Gasteiger partial charge is 0.0636 e. The van der Waals surface area contributed by atoms with Gasteiger partial charge in [0.25, 0.3) is 0 Å². The molecule has 63 heavy (non-hydrogen) atoms. The quantitative estimate of drug-likeness (QED) is 0.122. The molecule has 0 aliphatic heterocycles. The van der Waals surface area contributed by atoms with Gasteiger partial charge in [-0.25, -0.2) is 0 Å². The Hall–Kier alpha value is -7.07. The Balaban J connectivity index is 0.000000290. The summed E-state index contributed by atoms with van der Waals surface area (Å²) in [4.78, 5) is 0. The van der Waals surface area contributed by atoms with E-state index in [2.05, 4.69) is 199 Å². The van der Waals surface area contributed by atoms with Gasteiger partial charge < -0.3 is 15.3 Å². The zero-order chi connectivity index (χ0) is 42.3. The van der Waals surface area contributed by atoms with Crippen molar-refractivity contribution < 1.29 is 0 Å². The van der Waals surface area contributed by atoms with E-state index in [9.17, 15) is 5.41 Å². The van der Waals surface area contributed by atoms with Gasteiger partial charge in [0.1, 0.15) is 0 Å². The highest BCUT2D eigenvalue weighted by Crippen LogP contribution is 2.44. The Morgan fingerprint density at radius 1 is 0.603 bits per heavy atom. The van der Waals surface area contributed by atoms with Crippen molar-refractivity contribution in [2.75, 3.05) is 13.1 Å². The van der Waals surface area contributed by atoms with Crippen LogP contribution in [0, 0.1) is 5.41 Å². The molecule has 0 amide bonds. The molecule has 0 saturated carbocycles. The van der Waals surface area contributed by atoms with Crippen LogP contribution in [-0.4, -0.2) is 23.4 Å². The summed E-state index contributed by atoms with van der Waals surface area (Å²) in [7, 11) is 0. The number of nitrogens with zero attached hydrogens (tertiary/aromatic N) is 1. The third kappa shape index (κ3) is 6.85. The lowest BCUT2D eigenvalue weighted by Crippen LogP contribution is -2.19. The van der Waals surface area contributed by atoms with E-state index in [-0.39, 0.29) is 0 Å². The van der Waals surface area contributed by atoms with E-state index < -0.39 is 0 Å². The minimum absolute atomic E-state index is 0.500. The third-order valence-corrected chi connectivity index (χ3v) is 13.5. The van der Waals surface area contributed by atoms with Gasteiger partial charge in [-0.2, -0.15) is 0 Å². The topological polar surface area (TPSA) is 40.8 Å². The summed E-state index contributed by atoms with van der Waals surface area (Å²) < 4.78 is 2.34. The number of fused-ring (bicyclic) bond motifs is 13. The first-order valence-corrected chi connectivity index (χ1v) is 22.8.